The van der Waals surface area contributed by atoms with E-state index in [9.17, 15) is 4.39 Å². The average molecular weight is 398 g/mol. The van der Waals surface area contributed by atoms with Crippen molar-refractivity contribution < 1.29 is 9.13 Å². The summed E-state index contributed by atoms with van der Waals surface area (Å²) in [6, 6.07) is 6.49. The normalized spacial score (nSPS) is 21.5. The maximum absolute atomic E-state index is 14.9. The first-order valence-electron chi connectivity index (χ1n) is 11.4. The molecule has 158 valence electrons. The molecule has 1 aromatic rings. The van der Waals surface area contributed by atoms with Gasteiger partial charge in [-0.25, -0.2) is 4.39 Å². The van der Waals surface area contributed by atoms with E-state index in [1.165, 1.54) is 18.4 Å². The molecule has 3 aliphatic carbocycles. The zero-order valence-electron chi connectivity index (χ0n) is 18.5. The molecular weight excluding hydrogens is 361 g/mol. The van der Waals surface area contributed by atoms with E-state index in [4.69, 9.17) is 10.5 Å². The molecule has 0 saturated heterocycles. The van der Waals surface area contributed by atoms with Gasteiger partial charge in [0.2, 0.25) is 0 Å². The van der Waals surface area contributed by atoms with Crippen LogP contribution in [0.1, 0.15) is 90.2 Å². The van der Waals surface area contributed by atoms with Gasteiger partial charge < -0.3 is 10.5 Å². The van der Waals surface area contributed by atoms with E-state index < -0.39 is 0 Å². The predicted octanol–water partition coefficient (Wildman–Crippen LogP) is 6.83. The third kappa shape index (κ3) is 4.03. The highest BCUT2D eigenvalue weighted by molar-refractivity contribution is 5.84. The number of hydrogen-bond acceptors (Lipinski definition) is 2. The summed E-state index contributed by atoms with van der Waals surface area (Å²) < 4.78 is 21.4. The first-order chi connectivity index (χ1) is 13.7. The molecule has 0 radical (unpaired) electrons. The number of rotatable bonds is 6. The van der Waals surface area contributed by atoms with Gasteiger partial charge in [0.25, 0.3) is 0 Å². The van der Waals surface area contributed by atoms with E-state index in [1.54, 1.807) is 0 Å². The number of benzene rings is 1. The summed E-state index contributed by atoms with van der Waals surface area (Å²) >= 11 is 0. The lowest BCUT2D eigenvalue weighted by Crippen LogP contribution is -2.50. The van der Waals surface area contributed by atoms with E-state index in [1.807, 2.05) is 0 Å². The molecule has 4 rings (SSSR count). The first-order valence-corrected chi connectivity index (χ1v) is 11.4. The second-order valence-corrected chi connectivity index (χ2v) is 10.3. The summed E-state index contributed by atoms with van der Waals surface area (Å²) in [7, 11) is 0. The van der Waals surface area contributed by atoms with Crippen LogP contribution in [0.4, 0.5) is 4.39 Å². The fraction of sp³-hybridized carbons (Fsp3) is 0.615. The molecule has 0 aliphatic heterocycles. The molecule has 0 bridgehead atoms. The highest BCUT2D eigenvalue weighted by Gasteiger charge is 2.37. The monoisotopic (exact) mass is 397 g/mol. The van der Waals surface area contributed by atoms with Crippen molar-refractivity contribution in [3.05, 3.63) is 46.8 Å². The summed E-state index contributed by atoms with van der Waals surface area (Å²) in [6.45, 7) is 8.53. The fourth-order valence-corrected chi connectivity index (χ4v) is 4.59. The maximum atomic E-state index is 14.9. The Morgan fingerprint density at radius 3 is 2.34 bits per heavy atom. The number of halogens is 1. The zero-order chi connectivity index (χ0) is 20.8. The lowest BCUT2D eigenvalue weighted by molar-refractivity contribution is 0.209. The van der Waals surface area contributed by atoms with Crippen LogP contribution in [0.5, 0.6) is 5.75 Å². The highest BCUT2D eigenvalue weighted by Crippen LogP contribution is 2.50. The van der Waals surface area contributed by atoms with E-state index in [0.717, 1.165) is 54.6 Å². The standard InChI is InChI=1S/C26H36FNO/c1-25(2,26(3,4)28)18-14-15-23(29-19-8-5-6-9-19)21(16-18)20-10-7-11-22(27)24(20)17-12-13-17/h10,14-17,19H,5-9,11-13,28H2,1-4H3. The Kier molecular flexibility index (Phi) is 5.40. The van der Waals surface area contributed by atoms with Crippen LogP contribution in [0.25, 0.3) is 5.57 Å². The number of hydrogen-bond donors (Lipinski definition) is 1. The topological polar surface area (TPSA) is 35.2 Å². The molecule has 0 atom stereocenters. The molecule has 2 fully saturated rings. The van der Waals surface area contributed by atoms with Crippen molar-refractivity contribution in [1.82, 2.24) is 0 Å². The third-order valence-electron chi connectivity index (χ3n) is 7.48. The van der Waals surface area contributed by atoms with Crippen molar-refractivity contribution in [2.24, 2.45) is 11.7 Å². The molecule has 29 heavy (non-hydrogen) atoms. The third-order valence-corrected chi connectivity index (χ3v) is 7.48. The van der Waals surface area contributed by atoms with Crippen LogP contribution in [-0.2, 0) is 5.41 Å². The van der Waals surface area contributed by atoms with Crippen LogP contribution in [0.15, 0.2) is 35.7 Å². The molecule has 0 amide bonds. The largest absolute Gasteiger partial charge is 0.490 e. The quantitative estimate of drug-likeness (QED) is 0.571. The number of ether oxygens (including phenoxy) is 1. The smallest absolute Gasteiger partial charge is 0.127 e. The van der Waals surface area contributed by atoms with Crippen molar-refractivity contribution in [2.75, 3.05) is 0 Å². The Balaban J connectivity index is 1.80. The Morgan fingerprint density at radius 2 is 1.72 bits per heavy atom. The molecule has 0 spiro atoms. The molecule has 0 heterocycles. The molecule has 2 nitrogen and oxygen atoms in total. The second kappa shape index (κ2) is 7.58. The van der Waals surface area contributed by atoms with Crippen molar-refractivity contribution in [3.63, 3.8) is 0 Å². The van der Waals surface area contributed by atoms with Crippen LogP contribution in [-0.4, -0.2) is 11.6 Å². The first kappa shape index (κ1) is 20.7. The van der Waals surface area contributed by atoms with Gasteiger partial charge in [-0.3, -0.25) is 0 Å². The summed E-state index contributed by atoms with van der Waals surface area (Å²) in [5, 5.41) is 0. The Morgan fingerprint density at radius 1 is 1.03 bits per heavy atom. The average Bonchev–Trinajstić information content (AvgIpc) is 3.36. The Bertz CT molecular complexity index is 833. The summed E-state index contributed by atoms with van der Waals surface area (Å²) in [5.41, 5.74) is 10.2. The van der Waals surface area contributed by atoms with Gasteiger partial charge in [0, 0.05) is 22.9 Å². The van der Waals surface area contributed by atoms with Gasteiger partial charge in [0.1, 0.15) is 11.6 Å². The van der Waals surface area contributed by atoms with E-state index >= 15 is 0 Å². The van der Waals surface area contributed by atoms with Gasteiger partial charge in [-0.05, 0) is 93.6 Å². The summed E-state index contributed by atoms with van der Waals surface area (Å²) in [4.78, 5) is 0. The Hall–Kier alpha value is -1.61. The zero-order valence-corrected chi connectivity index (χ0v) is 18.5. The van der Waals surface area contributed by atoms with Crippen molar-refractivity contribution in [2.45, 2.75) is 96.1 Å². The van der Waals surface area contributed by atoms with Gasteiger partial charge in [0.05, 0.1) is 6.10 Å². The number of nitrogens with two attached hydrogens (primary N) is 1. The molecular formula is C26H36FNO. The minimum absolute atomic E-state index is 0.0839. The van der Waals surface area contributed by atoms with Crippen LogP contribution >= 0.6 is 0 Å². The lowest BCUT2D eigenvalue weighted by atomic mass is 9.69. The minimum atomic E-state index is -0.376. The Labute approximate surface area is 175 Å². The van der Waals surface area contributed by atoms with Gasteiger partial charge in [-0.15, -0.1) is 0 Å². The molecule has 0 unspecified atom stereocenters. The van der Waals surface area contributed by atoms with Crippen LogP contribution in [0.2, 0.25) is 0 Å². The van der Waals surface area contributed by atoms with E-state index in [-0.39, 0.29) is 22.9 Å². The van der Waals surface area contributed by atoms with Gasteiger partial charge in [-0.1, -0.05) is 26.0 Å². The maximum Gasteiger partial charge on any atom is 0.127 e. The molecule has 1 aromatic carbocycles. The summed E-state index contributed by atoms with van der Waals surface area (Å²) in [6.07, 6.45) is 10.7. The second-order valence-electron chi connectivity index (χ2n) is 10.3. The molecule has 3 aliphatic rings. The predicted molar refractivity (Wildman–Crippen MR) is 119 cm³/mol. The van der Waals surface area contributed by atoms with Crippen LogP contribution < -0.4 is 10.5 Å². The van der Waals surface area contributed by atoms with Crippen molar-refractivity contribution in [1.29, 1.82) is 0 Å². The number of allylic oxidation sites excluding steroid dienone is 4. The molecule has 3 heteroatoms. The summed E-state index contributed by atoms with van der Waals surface area (Å²) in [5.74, 6) is 1.37. The van der Waals surface area contributed by atoms with Gasteiger partial charge >= 0.3 is 0 Å². The van der Waals surface area contributed by atoms with Gasteiger partial charge in [0.15, 0.2) is 0 Å². The molecule has 2 saturated carbocycles. The SMILES string of the molecule is CC(C)(N)C(C)(C)c1ccc(OC2CCCC2)c(C2=CCCC(F)=C2C2CC2)c1. The van der Waals surface area contributed by atoms with Crippen LogP contribution in [0.3, 0.4) is 0 Å². The van der Waals surface area contributed by atoms with Crippen molar-refractivity contribution in [3.8, 4) is 5.75 Å². The fourth-order valence-electron chi connectivity index (χ4n) is 4.59. The van der Waals surface area contributed by atoms with E-state index in [0.29, 0.717) is 12.3 Å². The van der Waals surface area contributed by atoms with Gasteiger partial charge in [-0.2, -0.15) is 0 Å². The van der Waals surface area contributed by atoms with Crippen LogP contribution in [0, 0.1) is 5.92 Å². The minimum Gasteiger partial charge on any atom is -0.490 e. The molecule has 0 aromatic heterocycles. The molecule has 2 N–H and O–H groups in total. The lowest BCUT2D eigenvalue weighted by Gasteiger charge is -2.39. The van der Waals surface area contributed by atoms with E-state index in [2.05, 4.69) is 52.0 Å². The van der Waals surface area contributed by atoms with Crippen molar-refractivity contribution >= 4 is 5.57 Å². The highest BCUT2D eigenvalue weighted by atomic mass is 19.1.